The molecule has 1 heterocycles. The summed E-state index contributed by atoms with van der Waals surface area (Å²) in [6.07, 6.45) is 0.349. The van der Waals surface area contributed by atoms with Gasteiger partial charge in [-0.15, -0.1) is 0 Å². The number of fused-ring (bicyclic) bond motifs is 1. The SMILES string of the molecule is CCC(N)c1ccc2c(c1)N(COC)C(=O)C(C)O2. The number of rotatable bonds is 4. The maximum atomic E-state index is 12.1. The van der Waals surface area contributed by atoms with Crippen molar-refractivity contribution in [2.24, 2.45) is 5.73 Å². The van der Waals surface area contributed by atoms with E-state index in [2.05, 4.69) is 0 Å². The van der Waals surface area contributed by atoms with Gasteiger partial charge in [0, 0.05) is 13.2 Å². The molecule has 5 nitrogen and oxygen atoms in total. The Morgan fingerprint density at radius 3 is 2.89 bits per heavy atom. The molecule has 5 heteroatoms. The number of hydrogen-bond donors (Lipinski definition) is 1. The Morgan fingerprint density at radius 1 is 1.53 bits per heavy atom. The lowest BCUT2D eigenvalue weighted by Gasteiger charge is -2.33. The molecule has 0 aromatic heterocycles. The average Bonchev–Trinajstić information content (AvgIpc) is 2.42. The molecule has 104 valence electrons. The fourth-order valence-electron chi connectivity index (χ4n) is 2.15. The smallest absolute Gasteiger partial charge is 0.269 e. The van der Waals surface area contributed by atoms with Crippen molar-refractivity contribution >= 4 is 11.6 Å². The van der Waals surface area contributed by atoms with Crippen molar-refractivity contribution in [3.8, 4) is 5.75 Å². The number of carbonyl (C=O) groups excluding carboxylic acids is 1. The van der Waals surface area contributed by atoms with Crippen LogP contribution in [0.4, 0.5) is 5.69 Å². The number of anilines is 1. The zero-order valence-corrected chi connectivity index (χ0v) is 11.6. The lowest BCUT2D eigenvalue weighted by atomic mass is 10.0. The molecule has 2 rings (SSSR count). The maximum absolute atomic E-state index is 12.1. The topological polar surface area (TPSA) is 64.8 Å². The first-order valence-corrected chi connectivity index (χ1v) is 6.45. The third kappa shape index (κ3) is 2.57. The Labute approximate surface area is 113 Å². The van der Waals surface area contributed by atoms with Crippen molar-refractivity contribution in [2.75, 3.05) is 18.7 Å². The third-order valence-corrected chi connectivity index (χ3v) is 3.32. The first kappa shape index (κ1) is 13.8. The molecular formula is C14H20N2O3. The molecule has 0 aliphatic carbocycles. The van der Waals surface area contributed by atoms with Crippen LogP contribution in [-0.2, 0) is 9.53 Å². The molecule has 19 heavy (non-hydrogen) atoms. The summed E-state index contributed by atoms with van der Waals surface area (Å²) < 4.78 is 10.7. The van der Waals surface area contributed by atoms with E-state index in [4.69, 9.17) is 15.2 Å². The summed E-state index contributed by atoms with van der Waals surface area (Å²) in [5.74, 6) is 0.591. The highest BCUT2D eigenvalue weighted by Crippen LogP contribution is 2.36. The van der Waals surface area contributed by atoms with Crippen molar-refractivity contribution in [1.29, 1.82) is 0 Å². The molecular weight excluding hydrogens is 244 g/mol. The second-order valence-corrected chi connectivity index (χ2v) is 4.69. The average molecular weight is 264 g/mol. The number of carbonyl (C=O) groups is 1. The van der Waals surface area contributed by atoms with Gasteiger partial charge >= 0.3 is 0 Å². The minimum atomic E-state index is -0.492. The number of benzene rings is 1. The van der Waals surface area contributed by atoms with Gasteiger partial charge in [0.1, 0.15) is 12.5 Å². The van der Waals surface area contributed by atoms with Crippen molar-refractivity contribution in [3.63, 3.8) is 0 Å². The van der Waals surface area contributed by atoms with Crippen molar-refractivity contribution in [1.82, 2.24) is 0 Å². The van der Waals surface area contributed by atoms with E-state index >= 15 is 0 Å². The fraction of sp³-hybridized carbons (Fsp3) is 0.500. The second kappa shape index (κ2) is 5.59. The zero-order valence-electron chi connectivity index (χ0n) is 11.6. The van der Waals surface area contributed by atoms with Crippen LogP contribution in [0.15, 0.2) is 18.2 Å². The summed E-state index contributed by atoms with van der Waals surface area (Å²) in [7, 11) is 1.56. The van der Waals surface area contributed by atoms with Crippen molar-refractivity contribution in [3.05, 3.63) is 23.8 Å². The first-order valence-electron chi connectivity index (χ1n) is 6.45. The molecule has 1 amide bonds. The molecule has 2 atom stereocenters. The number of hydrogen-bond acceptors (Lipinski definition) is 4. The number of methoxy groups -OCH3 is 1. The van der Waals surface area contributed by atoms with Crippen LogP contribution in [0.3, 0.4) is 0 Å². The van der Waals surface area contributed by atoms with E-state index in [-0.39, 0.29) is 18.7 Å². The monoisotopic (exact) mass is 264 g/mol. The highest BCUT2D eigenvalue weighted by Gasteiger charge is 2.31. The van der Waals surface area contributed by atoms with Crippen LogP contribution in [-0.4, -0.2) is 25.9 Å². The normalized spacial score (nSPS) is 19.9. The van der Waals surface area contributed by atoms with E-state index in [0.717, 1.165) is 17.7 Å². The van der Waals surface area contributed by atoms with Crippen LogP contribution in [0.2, 0.25) is 0 Å². The van der Waals surface area contributed by atoms with Gasteiger partial charge in [-0.1, -0.05) is 13.0 Å². The molecule has 1 aliphatic heterocycles. The Bertz CT molecular complexity index is 476. The van der Waals surface area contributed by atoms with Crippen molar-refractivity contribution < 1.29 is 14.3 Å². The Kier molecular flexibility index (Phi) is 4.07. The van der Waals surface area contributed by atoms with Gasteiger partial charge in [0.15, 0.2) is 6.10 Å². The molecule has 0 bridgehead atoms. The largest absolute Gasteiger partial charge is 0.479 e. The Morgan fingerprint density at radius 2 is 2.26 bits per heavy atom. The summed E-state index contributed by atoms with van der Waals surface area (Å²) in [6, 6.07) is 5.68. The molecule has 1 aromatic carbocycles. The van der Waals surface area contributed by atoms with Crippen LogP contribution in [0.1, 0.15) is 31.9 Å². The van der Waals surface area contributed by atoms with E-state index in [1.807, 2.05) is 25.1 Å². The summed E-state index contributed by atoms with van der Waals surface area (Å²) in [6.45, 7) is 3.98. The lowest BCUT2D eigenvalue weighted by Crippen LogP contribution is -2.45. The number of ether oxygens (including phenoxy) is 2. The van der Waals surface area contributed by atoms with E-state index in [9.17, 15) is 4.79 Å². The Hall–Kier alpha value is -1.59. The molecule has 0 fully saturated rings. The van der Waals surface area contributed by atoms with Gasteiger partial charge in [-0.2, -0.15) is 0 Å². The molecule has 2 N–H and O–H groups in total. The van der Waals surface area contributed by atoms with E-state index in [0.29, 0.717) is 5.75 Å². The summed E-state index contributed by atoms with van der Waals surface area (Å²) in [5.41, 5.74) is 7.76. The lowest BCUT2D eigenvalue weighted by molar-refractivity contribution is -0.126. The van der Waals surface area contributed by atoms with Gasteiger partial charge in [-0.25, -0.2) is 0 Å². The van der Waals surface area contributed by atoms with Crippen molar-refractivity contribution in [2.45, 2.75) is 32.4 Å². The summed E-state index contributed by atoms with van der Waals surface area (Å²) in [4.78, 5) is 13.7. The summed E-state index contributed by atoms with van der Waals surface area (Å²) >= 11 is 0. The fourth-order valence-corrected chi connectivity index (χ4v) is 2.15. The number of nitrogens with zero attached hydrogens (tertiary/aromatic N) is 1. The maximum Gasteiger partial charge on any atom is 0.269 e. The molecule has 1 aliphatic rings. The van der Waals surface area contributed by atoms with Crippen LogP contribution in [0.25, 0.3) is 0 Å². The van der Waals surface area contributed by atoms with Crippen LogP contribution < -0.4 is 15.4 Å². The highest BCUT2D eigenvalue weighted by molar-refractivity contribution is 5.99. The quantitative estimate of drug-likeness (QED) is 0.900. The zero-order chi connectivity index (χ0) is 14.0. The second-order valence-electron chi connectivity index (χ2n) is 4.69. The predicted molar refractivity (Wildman–Crippen MR) is 73.1 cm³/mol. The first-order chi connectivity index (χ1) is 9.08. The predicted octanol–water partition coefficient (Wildman–Crippen LogP) is 1.81. The number of amides is 1. The van der Waals surface area contributed by atoms with E-state index in [1.165, 1.54) is 0 Å². The molecule has 0 spiro atoms. The molecule has 0 saturated heterocycles. The molecule has 0 radical (unpaired) electrons. The standard InChI is InChI=1S/C14H20N2O3/c1-4-11(15)10-5-6-13-12(7-10)16(8-18-3)14(17)9(2)19-13/h5-7,9,11H,4,8,15H2,1-3H3. The molecule has 0 saturated carbocycles. The van der Waals surface area contributed by atoms with Gasteiger partial charge in [-0.3, -0.25) is 9.69 Å². The van der Waals surface area contributed by atoms with Crippen LogP contribution in [0.5, 0.6) is 5.75 Å². The summed E-state index contributed by atoms with van der Waals surface area (Å²) in [5, 5.41) is 0. The van der Waals surface area contributed by atoms with Gasteiger partial charge in [0.2, 0.25) is 0 Å². The Balaban J connectivity index is 2.42. The molecule has 1 aromatic rings. The van der Waals surface area contributed by atoms with E-state index in [1.54, 1.807) is 18.9 Å². The van der Waals surface area contributed by atoms with Crippen LogP contribution >= 0.6 is 0 Å². The third-order valence-electron chi connectivity index (χ3n) is 3.32. The molecule has 2 unspecified atom stereocenters. The highest BCUT2D eigenvalue weighted by atomic mass is 16.5. The van der Waals surface area contributed by atoms with E-state index < -0.39 is 6.10 Å². The van der Waals surface area contributed by atoms with Gasteiger partial charge < -0.3 is 15.2 Å². The minimum absolute atomic E-state index is 0.0378. The number of nitrogens with two attached hydrogens (primary N) is 1. The minimum Gasteiger partial charge on any atom is -0.479 e. The van der Waals surface area contributed by atoms with Crippen LogP contribution in [0, 0.1) is 0 Å². The van der Waals surface area contributed by atoms with Gasteiger partial charge in [-0.05, 0) is 31.0 Å². The van der Waals surface area contributed by atoms with Gasteiger partial charge in [0.05, 0.1) is 5.69 Å². The van der Waals surface area contributed by atoms with Gasteiger partial charge in [0.25, 0.3) is 5.91 Å².